The van der Waals surface area contributed by atoms with Crippen LogP contribution in [0.25, 0.3) is 16.3 Å². The predicted molar refractivity (Wildman–Crippen MR) is 96.8 cm³/mol. The number of amides is 1. The molecule has 0 spiro atoms. The van der Waals surface area contributed by atoms with Crippen molar-refractivity contribution in [1.82, 2.24) is 4.98 Å². The van der Waals surface area contributed by atoms with Gasteiger partial charge >= 0.3 is 0 Å². The van der Waals surface area contributed by atoms with Crippen LogP contribution in [0.15, 0.2) is 53.4 Å². The van der Waals surface area contributed by atoms with E-state index in [2.05, 4.69) is 10.3 Å². The standard InChI is InChI=1S/C17H13FN2O3S2/c1-25(22,23)13-7-8-14-15(10-13)24-17(19-14)20-16(21)9-4-11-2-5-12(18)6-3-11/h2-10H,1H3,(H,19,20,21)/b9-4+. The van der Waals surface area contributed by atoms with Crippen LogP contribution < -0.4 is 5.32 Å². The van der Waals surface area contributed by atoms with Crippen LogP contribution in [0.3, 0.4) is 0 Å². The van der Waals surface area contributed by atoms with Crippen molar-refractivity contribution >= 4 is 48.5 Å². The van der Waals surface area contributed by atoms with Crippen molar-refractivity contribution in [3.63, 3.8) is 0 Å². The second kappa shape index (κ2) is 6.73. The average Bonchev–Trinajstić information content (AvgIpc) is 2.94. The molecule has 0 aliphatic heterocycles. The van der Waals surface area contributed by atoms with Crippen LogP contribution in [-0.2, 0) is 14.6 Å². The van der Waals surface area contributed by atoms with E-state index in [-0.39, 0.29) is 16.6 Å². The fourth-order valence-electron chi connectivity index (χ4n) is 2.08. The smallest absolute Gasteiger partial charge is 0.250 e. The Morgan fingerprint density at radius 3 is 2.60 bits per heavy atom. The van der Waals surface area contributed by atoms with Crippen LogP contribution in [0.2, 0.25) is 0 Å². The van der Waals surface area contributed by atoms with Crippen LogP contribution in [0.5, 0.6) is 0 Å². The highest BCUT2D eigenvalue weighted by molar-refractivity contribution is 7.90. The van der Waals surface area contributed by atoms with E-state index in [1.807, 2.05) is 0 Å². The van der Waals surface area contributed by atoms with Crippen LogP contribution in [0, 0.1) is 5.82 Å². The van der Waals surface area contributed by atoms with Gasteiger partial charge in [-0.1, -0.05) is 23.5 Å². The summed E-state index contributed by atoms with van der Waals surface area (Å²) >= 11 is 1.19. The fourth-order valence-corrected chi connectivity index (χ4v) is 3.71. The lowest BCUT2D eigenvalue weighted by molar-refractivity contribution is -0.111. The van der Waals surface area contributed by atoms with Gasteiger partial charge in [-0.2, -0.15) is 0 Å². The first kappa shape index (κ1) is 17.2. The van der Waals surface area contributed by atoms with E-state index < -0.39 is 9.84 Å². The van der Waals surface area contributed by atoms with E-state index in [1.165, 1.54) is 41.7 Å². The first-order valence-corrected chi connectivity index (χ1v) is 9.87. The van der Waals surface area contributed by atoms with Crippen LogP contribution in [0.1, 0.15) is 5.56 Å². The molecule has 0 unspecified atom stereocenters. The molecule has 128 valence electrons. The monoisotopic (exact) mass is 376 g/mol. The lowest BCUT2D eigenvalue weighted by Gasteiger charge is -1.96. The fraction of sp³-hybridized carbons (Fsp3) is 0.0588. The number of anilines is 1. The zero-order valence-corrected chi connectivity index (χ0v) is 14.7. The number of hydrogen-bond acceptors (Lipinski definition) is 5. The summed E-state index contributed by atoms with van der Waals surface area (Å²) in [5.41, 5.74) is 1.30. The number of hydrogen-bond donors (Lipinski definition) is 1. The number of nitrogens with zero attached hydrogens (tertiary/aromatic N) is 1. The maximum absolute atomic E-state index is 12.8. The Labute approximate surface area is 147 Å². The molecular weight excluding hydrogens is 363 g/mol. The van der Waals surface area contributed by atoms with Gasteiger partial charge in [-0.15, -0.1) is 0 Å². The number of sulfone groups is 1. The van der Waals surface area contributed by atoms with Gasteiger partial charge < -0.3 is 0 Å². The van der Waals surface area contributed by atoms with Crippen molar-refractivity contribution in [2.45, 2.75) is 4.90 Å². The Hall–Kier alpha value is -2.58. The molecule has 0 saturated carbocycles. The SMILES string of the molecule is CS(=O)(=O)c1ccc2nc(NC(=O)/C=C/c3ccc(F)cc3)sc2c1. The second-order valence-corrected chi connectivity index (χ2v) is 8.34. The van der Waals surface area contributed by atoms with Crippen molar-refractivity contribution in [3.8, 4) is 0 Å². The van der Waals surface area contributed by atoms with E-state index in [0.717, 1.165) is 6.26 Å². The molecule has 0 atom stereocenters. The molecule has 0 radical (unpaired) electrons. The van der Waals surface area contributed by atoms with Gasteiger partial charge in [-0.05, 0) is 42.0 Å². The van der Waals surface area contributed by atoms with Crippen molar-refractivity contribution in [1.29, 1.82) is 0 Å². The summed E-state index contributed by atoms with van der Waals surface area (Å²) in [5, 5.41) is 3.00. The Balaban J connectivity index is 1.76. The Morgan fingerprint density at radius 1 is 1.20 bits per heavy atom. The molecule has 1 aromatic heterocycles. The highest BCUT2D eigenvalue weighted by Gasteiger charge is 2.11. The quantitative estimate of drug-likeness (QED) is 0.707. The molecule has 5 nitrogen and oxygen atoms in total. The lowest BCUT2D eigenvalue weighted by Crippen LogP contribution is -2.07. The molecule has 25 heavy (non-hydrogen) atoms. The normalized spacial score (nSPS) is 11.9. The average molecular weight is 376 g/mol. The molecule has 1 amide bonds. The number of thiazole rings is 1. The molecule has 0 bridgehead atoms. The molecular formula is C17H13FN2O3S2. The topological polar surface area (TPSA) is 76.1 Å². The second-order valence-electron chi connectivity index (χ2n) is 5.29. The van der Waals surface area contributed by atoms with Crippen LogP contribution >= 0.6 is 11.3 Å². The minimum Gasteiger partial charge on any atom is -0.298 e. The summed E-state index contributed by atoms with van der Waals surface area (Å²) in [4.78, 5) is 16.4. The van der Waals surface area contributed by atoms with E-state index in [9.17, 15) is 17.6 Å². The van der Waals surface area contributed by atoms with Gasteiger partial charge in [-0.25, -0.2) is 17.8 Å². The minimum absolute atomic E-state index is 0.206. The van der Waals surface area contributed by atoms with Gasteiger partial charge in [-0.3, -0.25) is 10.1 Å². The van der Waals surface area contributed by atoms with E-state index >= 15 is 0 Å². The summed E-state index contributed by atoms with van der Waals surface area (Å²) in [5.74, 6) is -0.726. The molecule has 8 heteroatoms. The van der Waals surface area contributed by atoms with E-state index in [1.54, 1.807) is 24.3 Å². The molecule has 3 aromatic rings. The van der Waals surface area contributed by atoms with Gasteiger partial charge in [0.1, 0.15) is 5.82 Å². The first-order chi connectivity index (χ1) is 11.8. The third-order valence-electron chi connectivity index (χ3n) is 3.32. The highest BCUT2D eigenvalue weighted by atomic mass is 32.2. The Morgan fingerprint density at radius 2 is 1.92 bits per heavy atom. The Kier molecular flexibility index (Phi) is 4.65. The largest absolute Gasteiger partial charge is 0.298 e. The number of fused-ring (bicyclic) bond motifs is 1. The summed E-state index contributed by atoms with van der Waals surface area (Å²) in [6.45, 7) is 0. The van der Waals surface area contributed by atoms with Crippen molar-refractivity contribution in [3.05, 3.63) is 59.9 Å². The maximum Gasteiger partial charge on any atom is 0.250 e. The predicted octanol–water partition coefficient (Wildman–Crippen LogP) is 3.49. The number of halogens is 1. The van der Waals surface area contributed by atoms with Gasteiger partial charge in [0, 0.05) is 12.3 Å². The molecule has 2 aromatic carbocycles. The summed E-state index contributed by atoms with van der Waals surface area (Å²) in [6, 6.07) is 10.4. The Bertz CT molecular complexity index is 1070. The van der Waals surface area contributed by atoms with E-state index in [0.29, 0.717) is 20.9 Å². The molecule has 0 fully saturated rings. The van der Waals surface area contributed by atoms with Crippen LogP contribution in [0.4, 0.5) is 9.52 Å². The maximum atomic E-state index is 12.8. The van der Waals surface area contributed by atoms with Gasteiger partial charge in [0.05, 0.1) is 15.1 Å². The molecule has 0 saturated heterocycles. The molecule has 3 rings (SSSR count). The molecule has 0 aliphatic carbocycles. The highest BCUT2D eigenvalue weighted by Crippen LogP contribution is 2.28. The van der Waals surface area contributed by atoms with E-state index in [4.69, 9.17) is 0 Å². The van der Waals surface area contributed by atoms with Crippen LogP contribution in [-0.4, -0.2) is 25.6 Å². The third kappa shape index (κ3) is 4.28. The third-order valence-corrected chi connectivity index (χ3v) is 5.36. The van der Waals surface area contributed by atoms with Gasteiger partial charge in [0.15, 0.2) is 15.0 Å². The number of aromatic nitrogens is 1. The minimum atomic E-state index is -3.30. The number of nitrogens with one attached hydrogen (secondary N) is 1. The first-order valence-electron chi connectivity index (χ1n) is 7.16. The zero-order chi connectivity index (χ0) is 18.0. The number of carbonyl (C=O) groups is 1. The molecule has 1 heterocycles. The zero-order valence-electron chi connectivity index (χ0n) is 13.1. The number of carbonyl (C=O) groups excluding carboxylic acids is 1. The summed E-state index contributed by atoms with van der Waals surface area (Å²) in [6.07, 6.45) is 4.02. The number of rotatable bonds is 4. The summed E-state index contributed by atoms with van der Waals surface area (Å²) < 4.78 is 36.7. The molecule has 1 N–H and O–H groups in total. The molecule has 0 aliphatic rings. The lowest BCUT2D eigenvalue weighted by atomic mass is 10.2. The van der Waals surface area contributed by atoms with Gasteiger partial charge in [0.2, 0.25) is 5.91 Å². The van der Waals surface area contributed by atoms with Gasteiger partial charge in [0.25, 0.3) is 0 Å². The summed E-state index contributed by atoms with van der Waals surface area (Å²) in [7, 11) is -3.30. The van der Waals surface area contributed by atoms with Crippen molar-refractivity contribution in [2.75, 3.05) is 11.6 Å². The van der Waals surface area contributed by atoms with Crippen molar-refractivity contribution in [2.24, 2.45) is 0 Å². The number of benzene rings is 2. The van der Waals surface area contributed by atoms with Crippen molar-refractivity contribution < 1.29 is 17.6 Å².